The van der Waals surface area contributed by atoms with E-state index in [1.807, 2.05) is 38.4 Å². The van der Waals surface area contributed by atoms with Crippen LogP contribution in [-0.2, 0) is 19.5 Å². The highest BCUT2D eigenvalue weighted by molar-refractivity contribution is 5.90. The summed E-state index contributed by atoms with van der Waals surface area (Å²) in [5.41, 5.74) is 14.7. The van der Waals surface area contributed by atoms with Crippen molar-refractivity contribution in [3.05, 3.63) is 179 Å². The molecule has 0 spiro atoms. The summed E-state index contributed by atoms with van der Waals surface area (Å²) in [6.45, 7) is 2.35. The number of nitrogens with zero attached hydrogens (tertiary/aromatic N) is 4. The van der Waals surface area contributed by atoms with Crippen molar-refractivity contribution in [3.63, 3.8) is 0 Å². The predicted molar refractivity (Wildman–Crippen MR) is 203 cm³/mol. The van der Waals surface area contributed by atoms with Crippen molar-refractivity contribution in [2.75, 3.05) is 0 Å². The molecular weight excluding hydrogens is 613 g/mol. The number of benzene rings is 6. The highest BCUT2D eigenvalue weighted by Crippen LogP contribution is 2.55. The third-order valence-electron chi connectivity index (χ3n) is 10.5. The Hall–Kier alpha value is -6.33. The number of fused-ring (bicyclic) bond motifs is 4. The van der Waals surface area contributed by atoms with Gasteiger partial charge in [0.15, 0.2) is 5.82 Å². The highest BCUT2D eigenvalue weighted by Gasteiger charge is 2.42. The van der Waals surface area contributed by atoms with Crippen LogP contribution in [0, 0.1) is 0 Å². The average Bonchev–Trinajstić information content (AvgIpc) is 3.58. The minimum atomic E-state index is -0.368. The predicted octanol–water partition coefficient (Wildman–Crippen LogP) is 9.67. The first-order valence-electron chi connectivity index (χ1n) is 16.9. The van der Waals surface area contributed by atoms with Gasteiger partial charge in [0.05, 0.1) is 22.4 Å². The van der Waals surface area contributed by atoms with Crippen molar-refractivity contribution in [2.24, 2.45) is 14.1 Å². The number of imidazole rings is 1. The van der Waals surface area contributed by atoms with Crippen LogP contribution in [0.25, 0.3) is 67.2 Å². The molecular formula is C45H34N4O. The molecule has 0 saturated carbocycles. The first-order chi connectivity index (χ1) is 24.4. The second-order valence-electron chi connectivity index (χ2n) is 13.3. The minimum absolute atomic E-state index is 0.0293. The molecule has 0 saturated heterocycles. The van der Waals surface area contributed by atoms with Crippen LogP contribution in [-0.4, -0.2) is 19.1 Å². The standard InChI is InChI=1S/C45H34N4O/c1-45(33-15-8-5-9-16-33)37-20-11-10-17-34(37)35-18-12-19-36(42(35)45)39-28-38(46-43(47-39)31-13-6-4-7-14-31)30-23-21-29(22-24-30)32-25-26-40-41(27-32)49(3)44(50)48(40)2/h4-28H,1-3H3. The zero-order chi connectivity index (χ0) is 34.0. The van der Waals surface area contributed by atoms with E-state index in [2.05, 4.69) is 134 Å². The fourth-order valence-corrected chi connectivity index (χ4v) is 7.86. The van der Waals surface area contributed by atoms with E-state index < -0.39 is 0 Å². The van der Waals surface area contributed by atoms with Gasteiger partial charge in [-0.25, -0.2) is 14.8 Å². The molecule has 5 heteroatoms. The zero-order valence-corrected chi connectivity index (χ0v) is 28.1. The van der Waals surface area contributed by atoms with E-state index in [1.165, 1.54) is 27.8 Å². The van der Waals surface area contributed by atoms with E-state index in [-0.39, 0.29) is 11.1 Å². The van der Waals surface area contributed by atoms with Gasteiger partial charge in [0.1, 0.15) is 0 Å². The molecule has 1 atom stereocenters. The maximum Gasteiger partial charge on any atom is 0.328 e. The Morgan fingerprint density at radius 1 is 0.500 bits per heavy atom. The molecule has 0 N–H and O–H groups in total. The second-order valence-corrected chi connectivity index (χ2v) is 13.3. The number of rotatable bonds is 5. The van der Waals surface area contributed by atoms with Crippen LogP contribution in [0.5, 0.6) is 0 Å². The van der Waals surface area contributed by atoms with E-state index in [9.17, 15) is 4.79 Å². The van der Waals surface area contributed by atoms with Crippen LogP contribution in [0.4, 0.5) is 0 Å². The Morgan fingerprint density at radius 3 is 1.88 bits per heavy atom. The first-order valence-corrected chi connectivity index (χ1v) is 16.9. The lowest BCUT2D eigenvalue weighted by Gasteiger charge is -2.30. The van der Waals surface area contributed by atoms with Gasteiger partial charge in [-0.3, -0.25) is 9.13 Å². The van der Waals surface area contributed by atoms with E-state index in [4.69, 9.17) is 9.97 Å². The number of aromatic nitrogens is 4. The molecule has 1 unspecified atom stereocenters. The van der Waals surface area contributed by atoms with Crippen LogP contribution in [0.15, 0.2) is 156 Å². The normalized spacial score (nSPS) is 14.9. The summed E-state index contributed by atoms with van der Waals surface area (Å²) >= 11 is 0. The molecule has 240 valence electrons. The lowest BCUT2D eigenvalue weighted by Crippen LogP contribution is -2.23. The van der Waals surface area contributed by atoms with Crippen molar-refractivity contribution in [1.82, 2.24) is 19.1 Å². The smallest absolute Gasteiger partial charge is 0.295 e. The Labute approximate surface area is 290 Å². The molecule has 8 aromatic rings. The summed E-state index contributed by atoms with van der Waals surface area (Å²) in [5.74, 6) is 0.687. The third kappa shape index (κ3) is 4.51. The average molecular weight is 647 g/mol. The van der Waals surface area contributed by atoms with Gasteiger partial charge >= 0.3 is 5.69 Å². The van der Waals surface area contributed by atoms with Crippen molar-refractivity contribution >= 4 is 11.0 Å². The Kier molecular flexibility index (Phi) is 6.78. The molecule has 0 radical (unpaired) electrons. The Bertz CT molecular complexity index is 2640. The molecule has 9 rings (SSSR count). The van der Waals surface area contributed by atoms with Gasteiger partial charge in [-0.15, -0.1) is 0 Å². The molecule has 50 heavy (non-hydrogen) atoms. The fourth-order valence-electron chi connectivity index (χ4n) is 7.86. The van der Waals surface area contributed by atoms with Gasteiger partial charge in [0.25, 0.3) is 0 Å². The summed E-state index contributed by atoms with van der Waals surface area (Å²) < 4.78 is 3.38. The monoisotopic (exact) mass is 646 g/mol. The van der Waals surface area contributed by atoms with Gasteiger partial charge in [-0.2, -0.15) is 0 Å². The summed E-state index contributed by atoms with van der Waals surface area (Å²) in [4.78, 5) is 23.0. The number of aryl methyl sites for hydroxylation is 2. The van der Waals surface area contributed by atoms with E-state index in [1.54, 1.807) is 9.13 Å². The summed E-state index contributed by atoms with van der Waals surface area (Å²) in [5, 5.41) is 0. The lowest BCUT2D eigenvalue weighted by molar-refractivity contribution is 0.715. The maximum atomic E-state index is 12.5. The molecule has 2 aromatic heterocycles. The van der Waals surface area contributed by atoms with Crippen molar-refractivity contribution in [3.8, 4) is 56.2 Å². The molecule has 6 aromatic carbocycles. The van der Waals surface area contributed by atoms with Gasteiger partial charge < -0.3 is 0 Å². The van der Waals surface area contributed by atoms with Crippen LogP contribution in [0.1, 0.15) is 23.6 Å². The van der Waals surface area contributed by atoms with Gasteiger partial charge in [-0.05, 0) is 64.1 Å². The number of hydrogen-bond donors (Lipinski definition) is 0. The second kappa shape index (κ2) is 11.4. The highest BCUT2D eigenvalue weighted by atomic mass is 16.1. The molecule has 0 aliphatic heterocycles. The topological polar surface area (TPSA) is 52.7 Å². The third-order valence-corrected chi connectivity index (χ3v) is 10.5. The van der Waals surface area contributed by atoms with E-state index in [0.717, 1.165) is 50.2 Å². The summed E-state index contributed by atoms with van der Waals surface area (Å²) in [7, 11) is 3.63. The van der Waals surface area contributed by atoms with E-state index in [0.29, 0.717) is 5.82 Å². The largest absolute Gasteiger partial charge is 0.328 e. The summed E-state index contributed by atoms with van der Waals surface area (Å²) in [6, 6.07) is 53.2. The van der Waals surface area contributed by atoms with Gasteiger partial charge in [-0.1, -0.05) is 133 Å². The molecule has 5 nitrogen and oxygen atoms in total. The lowest BCUT2D eigenvalue weighted by atomic mass is 9.72. The fraction of sp³-hybridized carbons (Fsp3) is 0.0889. The first kappa shape index (κ1) is 29.8. The maximum absolute atomic E-state index is 12.5. The molecule has 0 fully saturated rings. The van der Waals surface area contributed by atoms with Gasteiger partial charge in [0, 0.05) is 36.2 Å². The molecule has 2 heterocycles. The van der Waals surface area contributed by atoms with Crippen LogP contribution in [0.2, 0.25) is 0 Å². The summed E-state index contributed by atoms with van der Waals surface area (Å²) in [6.07, 6.45) is 0. The molecule has 1 aliphatic rings. The SMILES string of the molecule is Cn1c(=O)n(C)c2cc(-c3ccc(-c4cc(-c5cccc6c5C(C)(c5ccccc5)c5ccccc5-6)nc(-c5ccccc5)n4)cc3)ccc21. The van der Waals surface area contributed by atoms with Crippen molar-refractivity contribution < 1.29 is 0 Å². The number of hydrogen-bond acceptors (Lipinski definition) is 3. The molecule has 0 amide bonds. The molecule has 1 aliphatic carbocycles. The van der Waals surface area contributed by atoms with Crippen molar-refractivity contribution in [1.29, 1.82) is 0 Å². The zero-order valence-electron chi connectivity index (χ0n) is 28.1. The Morgan fingerprint density at radius 2 is 1.10 bits per heavy atom. The Balaban J connectivity index is 1.21. The van der Waals surface area contributed by atoms with Crippen LogP contribution < -0.4 is 5.69 Å². The van der Waals surface area contributed by atoms with Crippen LogP contribution in [0.3, 0.4) is 0 Å². The van der Waals surface area contributed by atoms with Crippen LogP contribution >= 0.6 is 0 Å². The van der Waals surface area contributed by atoms with Crippen molar-refractivity contribution in [2.45, 2.75) is 12.3 Å². The molecule has 0 bridgehead atoms. The quantitative estimate of drug-likeness (QED) is 0.187. The van der Waals surface area contributed by atoms with E-state index >= 15 is 0 Å². The minimum Gasteiger partial charge on any atom is -0.295 e. The van der Waals surface area contributed by atoms with Gasteiger partial charge in [0.2, 0.25) is 0 Å².